The molecule has 0 N–H and O–H groups in total. The first-order valence-electron chi connectivity index (χ1n) is 8.12. The lowest BCUT2D eigenvalue weighted by Gasteiger charge is -2.35. The fourth-order valence-corrected chi connectivity index (χ4v) is 3.58. The third-order valence-corrected chi connectivity index (χ3v) is 5.33. The van der Waals surface area contributed by atoms with Gasteiger partial charge in [0.15, 0.2) is 0 Å². The molecule has 2 heterocycles. The molecule has 1 saturated heterocycles. The Morgan fingerprint density at radius 3 is 2.58 bits per heavy atom. The summed E-state index contributed by atoms with van der Waals surface area (Å²) in [6.45, 7) is 7.29. The van der Waals surface area contributed by atoms with Crippen LogP contribution < -0.4 is 4.90 Å². The summed E-state index contributed by atoms with van der Waals surface area (Å²) in [5.74, 6) is 1.58. The molecule has 0 saturated carbocycles. The molecule has 1 fully saturated rings. The van der Waals surface area contributed by atoms with E-state index in [1.54, 1.807) is 30.4 Å². The summed E-state index contributed by atoms with van der Waals surface area (Å²) in [5, 5.41) is 0. The second-order valence-electron chi connectivity index (χ2n) is 5.97. The Balaban J connectivity index is 1.49. The van der Waals surface area contributed by atoms with Crippen molar-refractivity contribution in [2.75, 3.05) is 36.8 Å². The van der Waals surface area contributed by atoms with E-state index in [0.717, 1.165) is 36.9 Å². The summed E-state index contributed by atoms with van der Waals surface area (Å²) in [4.78, 5) is 26.1. The Labute approximate surface area is 147 Å². The first-order chi connectivity index (χ1) is 11.6. The molecular formula is C18H22N4OS. The highest BCUT2D eigenvalue weighted by molar-refractivity contribution is 8.00. The normalized spacial score (nSPS) is 14.8. The lowest BCUT2D eigenvalue weighted by Crippen LogP contribution is -2.49. The van der Waals surface area contributed by atoms with E-state index >= 15 is 0 Å². The number of amides is 1. The van der Waals surface area contributed by atoms with Gasteiger partial charge in [-0.15, -0.1) is 11.8 Å². The van der Waals surface area contributed by atoms with Crippen LogP contribution in [0, 0.1) is 13.8 Å². The minimum Gasteiger partial charge on any atom is -0.352 e. The minimum atomic E-state index is 0.206. The van der Waals surface area contributed by atoms with Gasteiger partial charge in [-0.1, -0.05) is 6.07 Å². The van der Waals surface area contributed by atoms with E-state index in [1.807, 2.05) is 4.90 Å². The zero-order valence-electron chi connectivity index (χ0n) is 14.1. The number of rotatable bonds is 4. The molecule has 126 valence electrons. The molecule has 2 aromatic rings. The van der Waals surface area contributed by atoms with Crippen molar-refractivity contribution in [2.24, 2.45) is 0 Å². The van der Waals surface area contributed by atoms with Crippen molar-refractivity contribution in [1.82, 2.24) is 14.9 Å². The van der Waals surface area contributed by atoms with E-state index in [4.69, 9.17) is 0 Å². The lowest BCUT2D eigenvalue weighted by atomic mass is 10.1. The van der Waals surface area contributed by atoms with E-state index in [-0.39, 0.29) is 5.91 Å². The summed E-state index contributed by atoms with van der Waals surface area (Å²) in [6, 6.07) is 6.35. The van der Waals surface area contributed by atoms with Crippen LogP contribution >= 0.6 is 11.8 Å². The predicted octanol–water partition coefficient (Wildman–Crippen LogP) is 2.53. The smallest absolute Gasteiger partial charge is 0.233 e. The summed E-state index contributed by atoms with van der Waals surface area (Å²) >= 11 is 1.62. The number of aryl methyl sites for hydroxylation is 2. The van der Waals surface area contributed by atoms with Crippen LogP contribution in [0.15, 0.2) is 41.7 Å². The van der Waals surface area contributed by atoms with Crippen molar-refractivity contribution in [3.8, 4) is 0 Å². The van der Waals surface area contributed by atoms with E-state index in [0.29, 0.717) is 5.75 Å². The molecule has 0 atom stereocenters. The largest absolute Gasteiger partial charge is 0.352 e. The summed E-state index contributed by atoms with van der Waals surface area (Å²) in [5.41, 5.74) is 2.55. The Hall–Kier alpha value is -2.08. The molecule has 1 aromatic carbocycles. The third kappa shape index (κ3) is 4.06. The van der Waals surface area contributed by atoms with Crippen LogP contribution in [0.2, 0.25) is 0 Å². The minimum absolute atomic E-state index is 0.206. The molecule has 0 bridgehead atoms. The second kappa shape index (κ2) is 7.66. The van der Waals surface area contributed by atoms with Crippen LogP contribution in [0.4, 0.5) is 5.82 Å². The fraction of sp³-hybridized carbons (Fsp3) is 0.389. The standard InChI is InChI=1S/C18H22N4OS/c1-14-3-4-16(11-15(14)2)24-13-18(23)22-9-7-21(8-10-22)17-12-19-5-6-20-17/h3-6,11-12H,7-10,13H2,1-2H3. The van der Waals surface area contributed by atoms with Crippen molar-refractivity contribution < 1.29 is 4.79 Å². The molecule has 5 nitrogen and oxygen atoms in total. The van der Waals surface area contributed by atoms with Crippen LogP contribution in [0.3, 0.4) is 0 Å². The number of aromatic nitrogens is 2. The van der Waals surface area contributed by atoms with Gasteiger partial charge in [0.25, 0.3) is 0 Å². The molecule has 3 rings (SSSR count). The molecule has 1 aliphatic rings. The molecule has 0 spiro atoms. The van der Waals surface area contributed by atoms with Gasteiger partial charge in [0, 0.05) is 43.5 Å². The first kappa shape index (κ1) is 16.8. The van der Waals surface area contributed by atoms with Gasteiger partial charge in [0.2, 0.25) is 5.91 Å². The molecule has 1 aromatic heterocycles. The molecule has 6 heteroatoms. The Morgan fingerprint density at radius 1 is 1.12 bits per heavy atom. The highest BCUT2D eigenvalue weighted by Crippen LogP contribution is 2.22. The quantitative estimate of drug-likeness (QED) is 0.799. The number of nitrogens with zero attached hydrogens (tertiary/aromatic N) is 4. The molecule has 1 amide bonds. The lowest BCUT2D eigenvalue weighted by molar-refractivity contribution is -0.128. The van der Waals surface area contributed by atoms with Gasteiger partial charge in [-0.25, -0.2) is 4.98 Å². The van der Waals surface area contributed by atoms with E-state index in [9.17, 15) is 4.79 Å². The maximum atomic E-state index is 12.4. The number of piperazine rings is 1. The van der Waals surface area contributed by atoms with Crippen molar-refractivity contribution in [2.45, 2.75) is 18.7 Å². The number of thioether (sulfide) groups is 1. The summed E-state index contributed by atoms with van der Waals surface area (Å²) in [6.07, 6.45) is 5.15. The van der Waals surface area contributed by atoms with Gasteiger partial charge in [-0.2, -0.15) is 0 Å². The Morgan fingerprint density at radius 2 is 1.92 bits per heavy atom. The highest BCUT2D eigenvalue weighted by Gasteiger charge is 2.21. The molecule has 0 unspecified atom stereocenters. The van der Waals surface area contributed by atoms with Crippen molar-refractivity contribution in [3.63, 3.8) is 0 Å². The Bertz CT molecular complexity index is 699. The van der Waals surface area contributed by atoms with Gasteiger partial charge in [-0.3, -0.25) is 9.78 Å². The van der Waals surface area contributed by atoms with Crippen molar-refractivity contribution in [1.29, 1.82) is 0 Å². The number of carbonyl (C=O) groups excluding carboxylic acids is 1. The first-order valence-corrected chi connectivity index (χ1v) is 9.11. The summed E-state index contributed by atoms with van der Waals surface area (Å²) < 4.78 is 0. The van der Waals surface area contributed by atoms with E-state index in [1.165, 1.54) is 11.1 Å². The molecule has 1 aliphatic heterocycles. The maximum Gasteiger partial charge on any atom is 0.233 e. The number of carbonyl (C=O) groups is 1. The van der Waals surface area contributed by atoms with Crippen LogP contribution in [0.25, 0.3) is 0 Å². The molecular weight excluding hydrogens is 320 g/mol. The monoisotopic (exact) mass is 342 g/mol. The maximum absolute atomic E-state index is 12.4. The van der Waals surface area contributed by atoms with Crippen LogP contribution in [0.5, 0.6) is 0 Å². The number of hydrogen-bond donors (Lipinski definition) is 0. The zero-order chi connectivity index (χ0) is 16.9. The van der Waals surface area contributed by atoms with Gasteiger partial charge in [0.05, 0.1) is 11.9 Å². The van der Waals surface area contributed by atoms with E-state index in [2.05, 4.69) is 46.9 Å². The van der Waals surface area contributed by atoms with E-state index < -0.39 is 0 Å². The van der Waals surface area contributed by atoms with Crippen LogP contribution in [0.1, 0.15) is 11.1 Å². The van der Waals surface area contributed by atoms with Crippen LogP contribution in [-0.4, -0.2) is 52.7 Å². The number of anilines is 1. The van der Waals surface area contributed by atoms with Gasteiger partial charge in [-0.05, 0) is 37.1 Å². The Kier molecular flexibility index (Phi) is 5.35. The van der Waals surface area contributed by atoms with Crippen molar-refractivity contribution >= 4 is 23.5 Å². The molecule has 24 heavy (non-hydrogen) atoms. The highest BCUT2D eigenvalue weighted by atomic mass is 32.2. The zero-order valence-corrected chi connectivity index (χ0v) is 14.9. The number of hydrogen-bond acceptors (Lipinski definition) is 5. The second-order valence-corrected chi connectivity index (χ2v) is 7.01. The van der Waals surface area contributed by atoms with Gasteiger partial charge >= 0.3 is 0 Å². The SMILES string of the molecule is Cc1ccc(SCC(=O)N2CCN(c3cnccn3)CC2)cc1C. The molecule has 0 radical (unpaired) electrons. The fourth-order valence-electron chi connectivity index (χ4n) is 2.68. The van der Waals surface area contributed by atoms with Crippen molar-refractivity contribution in [3.05, 3.63) is 47.9 Å². The summed E-state index contributed by atoms with van der Waals surface area (Å²) in [7, 11) is 0. The van der Waals surface area contributed by atoms with Gasteiger partial charge < -0.3 is 9.80 Å². The number of benzene rings is 1. The molecule has 0 aliphatic carbocycles. The van der Waals surface area contributed by atoms with Crippen LogP contribution in [-0.2, 0) is 4.79 Å². The topological polar surface area (TPSA) is 49.3 Å². The average molecular weight is 342 g/mol. The van der Waals surface area contributed by atoms with Gasteiger partial charge in [0.1, 0.15) is 5.82 Å². The third-order valence-electron chi connectivity index (χ3n) is 4.35. The average Bonchev–Trinajstić information content (AvgIpc) is 2.63. The predicted molar refractivity (Wildman–Crippen MR) is 97.5 cm³/mol.